The molecular weight excluding hydrogens is 352 g/mol. The molecule has 4 N–H and O–H groups in total. The van der Waals surface area contributed by atoms with Gasteiger partial charge in [-0.3, -0.25) is 9.78 Å². The standard InChI is InChI=1S/C22H28N4O2/c23-16-8-11-25-17(15-16)5-3-4-12-26-13-9-22(10-14-26)19-7-2-1-6-18(19)20(28-22)21(24)27/h1-2,6-8,11,15,20H,3-5,9-10,12-14H2,(H2,23,25)(H2,24,27). The molecule has 2 aliphatic heterocycles. The second-order valence-corrected chi connectivity index (χ2v) is 7.86. The van der Waals surface area contributed by atoms with Gasteiger partial charge in [0.05, 0.1) is 5.60 Å². The topological polar surface area (TPSA) is 94.5 Å². The normalized spacial score (nSPS) is 20.9. The molecule has 1 atom stereocenters. The predicted octanol–water partition coefficient (Wildman–Crippen LogP) is 2.53. The molecule has 1 fully saturated rings. The van der Waals surface area contributed by atoms with Gasteiger partial charge in [0.1, 0.15) is 0 Å². The van der Waals surface area contributed by atoms with Crippen LogP contribution in [0.5, 0.6) is 0 Å². The summed E-state index contributed by atoms with van der Waals surface area (Å²) < 4.78 is 6.24. The second kappa shape index (κ2) is 7.89. The van der Waals surface area contributed by atoms with Gasteiger partial charge >= 0.3 is 0 Å². The maximum atomic E-state index is 11.8. The smallest absolute Gasteiger partial charge is 0.251 e. The molecule has 2 aliphatic rings. The number of ether oxygens (including phenoxy) is 1. The molecule has 3 heterocycles. The number of benzene rings is 1. The number of amides is 1. The minimum atomic E-state index is -0.617. The number of hydrogen-bond acceptors (Lipinski definition) is 5. The number of aromatic nitrogens is 1. The highest BCUT2D eigenvalue weighted by atomic mass is 16.5. The zero-order valence-electron chi connectivity index (χ0n) is 16.1. The number of nitrogen functional groups attached to an aromatic ring is 1. The van der Waals surface area contributed by atoms with Crippen LogP contribution in [0.4, 0.5) is 5.69 Å². The van der Waals surface area contributed by atoms with Crippen molar-refractivity contribution in [2.45, 2.75) is 43.8 Å². The van der Waals surface area contributed by atoms with Crippen molar-refractivity contribution in [2.24, 2.45) is 5.73 Å². The van der Waals surface area contributed by atoms with E-state index in [-0.39, 0.29) is 5.60 Å². The molecule has 0 saturated carbocycles. The highest BCUT2D eigenvalue weighted by Crippen LogP contribution is 2.49. The summed E-state index contributed by atoms with van der Waals surface area (Å²) in [5.41, 5.74) is 15.0. The first-order valence-corrected chi connectivity index (χ1v) is 10.1. The first kappa shape index (κ1) is 18.9. The number of primary amides is 1. The van der Waals surface area contributed by atoms with E-state index in [0.717, 1.165) is 74.2 Å². The van der Waals surface area contributed by atoms with E-state index in [2.05, 4.69) is 16.0 Å². The Hall–Kier alpha value is -2.44. The zero-order valence-corrected chi connectivity index (χ0v) is 16.1. The number of aryl methyl sites for hydroxylation is 1. The fourth-order valence-corrected chi connectivity index (χ4v) is 4.50. The molecule has 4 rings (SSSR count). The highest BCUT2D eigenvalue weighted by molar-refractivity contribution is 5.82. The largest absolute Gasteiger partial charge is 0.399 e. The number of nitrogens with two attached hydrogens (primary N) is 2. The average molecular weight is 380 g/mol. The fourth-order valence-electron chi connectivity index (χ4n) is 4.50. The van der Waals surface area contributed by atoms with E-state index < -0.39 is 12.0 Å². The lowest BCUT2D eigenvalue weighted by molar-refractivity contribution is -0.147. The number of anilines is 1. The van der Waals surface area contributed by atoms with Crippen LogP contribution in [0.1, 0.15) is 48.6 Å². The minimum Gasteiger partial charge on any atom is -0.399 e. The maximum Gasteiger partial charge on any atom is 0.251 e. The van der Waals surface area contributed by atoms with Crippen LogP contribution < -0.4 is 11.5 Å². The average Bonchev–Trinajstić information content (AvgIpc) is 3.02. The number of fused-ring (bicyclic) bond motifs is 2. The van der Waals surface area contributed by atoms with Gasteiger partial charge in [-0.15, -0.1) is 0 Å². The molecule has 2 aromatic rings. The van der Waals surface area contributed by atoms with Crippen molar-refractivity contribution in [3.8, 4) is 0 Å². The molecule has 28 heavy (non-hydrogen) atoms. The molecule has 1 spiro atoms. The third kappa shape index (κ3) is 3.75. The number of carbonyl (C=O) groups is 1. The number of hydrogen-bond donors (Lipinski definition) is 2. The van der Waals surface area contributed by atoms with Crippen molar-refractivity contribution in [3.63, 3.8) is 0 Å². The van der Waals surface area contributed by atoms with Gasteiger partial charge in [-0.25, -0.2) is 0 Å². The lowest BCUT2D eigenvalue weighted by Crippen LogP contribution is -2.43. The van der Waals surface area contributed by atoms with E-state index in [4.69, 9.17) is 16.2 Å². The van der Waals surface area contributed by atoms with Crippen LogP contribution in [0.3, 0.4) is 0 Å². The van der Waals surface area contributed by atoms with Crippen LogP contribution in [0.25, 0.3) is 0 Å². The molecule has 0 bridgehead atoms. The number of piperidine rings is 1. The van der Waals surface area contributed by atoms with Crippen molar-refractivity contribution in [3.05, 3.63) is 59.4 Å². The minimum absolute atomic E-state index is 0.363. The maximum absolute atomic E-state index is 11.8. The molecule has 1 saturated heterocycles. The third-order valence-corrected chi connectivity index (χ3v) is 6.00. The molecule has 1 aromatic carbocycles. The number of pyridine rings is 1. The molecule has 1 amide bonds. The zero-order chi connectivity index (χ0) is 19.6. The van der Waals surface area contributed by atoms with Crippen LogP contribution in [0.15, 0.2) is 42.6 Å². The number of likely N-dealkylation sites (tertiary alicyclic amines) is 1. The van der Waals surface area contributed by atoms with Gasteiger partial charge in [0.2, 0.25) is 0 Å². The van der Waals surface area contributed by atoms with Gasteiger partial charge < -0.3 is 21.1 Å². The van der Waals surface area contributed by atoms with E-state index in [0.29, 0.717) is 0 Å². The number of carbonyl (C=O) groups excluding carboxylic acids is 1. The fraction of sp³-hybridized carbons (Fsp3) is 0.455. The van der Waals surface area contributed by atoms with Crippen molar-refractivity contribution in [2.75, 3.05) is 25.4 Å². The summed E-state index contributed by atoms with van der Waals surface area (Å²) in [5, 5.41) is 0. The number of nitrogens with zero attached hydrogens (tertiary/aromatic N) is 2. The Bertz CT molecular complexity index is 846. The van der Waals surface area contributed by atoms with Crippen molar-refractivity contribution < 1.29 is 9.53 Å². The lowest BCUT2D eigenvalue weighted by atomic mass is 9.83. The molecule has 6 nitrogen and oxygen atoms in total. The van der Waals surface area contributed by atoms with Gasteiger partial charge in [-0.2, -0.15) is 0 Å². The van der Waals surface area contributed by atoms with Crippen LogP contribution >= 0.6 is 0 Å². The first-order valence-electron chi connectivity index (χ1n) is 10.1. The summed E-state index contributed by atoms with van der Waals surface area (Å²) in [6.07, 6.45) is 6.13. The van der Waals surface area contributed by atoms with E-state index in [1.807, 2.05) is 30.3 Å². The van der Waals surface area contributed by atoms with Crippen molar-refractivity contribution >= 4 is 11.6 Å². The van der Waals surface area contributed by atoms with Gasteiger partial charge in [-0.1, -0.05) is 24.3 Å². The van der Waals surface area contributed by atoms with E-state index >= 15 is 0 Å². The molecule has 0 radical (unpaired) electrons. The van der Waals surface area contributed by atoms with Crippen molar-refractivity contribution in [1.29, 1.82) is 0 Å². The van der Waals surface area contributed by atoms with E-state index in [1.165, 1.54) is 0 Å². The summed E-state index contributed by atoms with van der Waals surface area (Å²) >= 11 is 0. The van der Waals surface area contributed by atoms with Gasteiger partial charge in [0.15, 0.2) is 6.10 Å². The third-order valence-electron chi connectivity index (χ3n) is 6.00. The molecule has 1 aromatic heterocycles. The second-order valence-electron chi connectivity index (χ2n) is 7.86. The highest BCUT2D eigenvalue weighted by Gasteiger charge is 2.48. The Labute approximate surface area is 165 Å². The SMILES string of the molecule is NC(=O)C1OC2(CCN(CCCCc3cc(N)ccn3)CC2)c2ccccc21. The summed E-state index contributed by atoms with van der Waals surface area (Å²) in [6.45, 7) is 3.01. The predicted molar refractivity (Wildman–Crippen MR) is 108 cm³/mol. The molecule has 1 unspecified atom stereocenters. The molecule has 0 aliphatic carbocycles. The lowest BCUT2D eigenvalue weighted by Gasteiger charge is -2.39. The van der Waals surface area contributed by atoms with E-state index in [1.54, 1.807) is 6.20 Å². The van der Waals surface area contributed by atoms with Gasteiger partial charge in [0, 0.05) is 30.7 Å². The molecule has 148 valence electrons. The van der Waals surface area contributed by atoms with Crippen LogP contribution in [0, 0.1) is 0 Å². The Morgan fingerprint density at radius 3 is 2.75 bits per heavy atom. The Morgan fingerprint density at radius 1 is 1.21 bits per heavy atom. The van der Waals surface area contributed by atoms with Crippen molar-refractivity contribution in [1.82, 2.24) is 9.88 Å². The van der Waals surface area contributed by atoms with E-state index in [9.17, 15) is 4.79 Å². The molecular formula is C22H28N4O2. The van der Waals surface area contributed by atoms with Gasteiger partial charge in [0.25, 0.3) is 5.91 Å². The Balaban J connectivity index is 1.30. The van der Waals surface area contributed by atoms with Crippen LogP contribution in [-0.2, 0) is 21.6 Å². The number of rotatable bonds is 6. The Morgan fingerprint density at radius 2 is 2.00 bits per heavy atom. The summed E-state index contributed by atoms with van der Waals surface area (Å²) in [4.78, 5) is 18.7. The quantitative estimate of drug-likeness (QED) is 0.751. The summed E-state index contributed by atoms with van der Waals surface area (Å²) in [5.74, 6) is -0.401. The van der Waals surface area contributed by atoms with Gasteiger partial charge in [-0.05, 0) is 61.9 Å². The Kier molecular flexibility index (Phi) is 5.33. The monoisotopic (exact) mass is 380 g/mol. The molecule has 6 heteroatoms. The number of unbranched alkanes of at least 4 members (excludes halogenated alkanes) is 1. The van der Waals surface area contributed by atoms with Crippen LogP contribution in [-0.4, -0.2) is 35.4 Å². The first-order chi connectivity index (χ1) is 13.6. The van der Waals surface area contributed by atoms with Crippen LogP contribution in [0.2, 0.25) is 0 Å². The summed E-state index contributed by atoms with van der Waals surface area (Å²) in [7, 11) is 0. The summed E-state index contributed by atoms with van der Waals surface area (Å²) in [6, 6.07) is 11.8.